The first-order valence-electron chi connectivity index (χ1n) is 9.06. The second-order valence-electron chi connectivity index (χ2n) is 6.53. The highest BCUT2D eigenvalue weighted by Crippen LogP contribution is 2.35. The molecule has 152 valence electrons. The van der Waals surface area contributed by atoms with Crippen molar-refractivity contribution in [2.75, 3.05) is 5.32 Å². The Morgan fingerprint density at radius 3 is 2.27 bits per heavy atom. The molecular formula is C22H17ClN2O3S2. The molecule has 30 heavy (non-hydrogen) atoms. The van der Waals surface area contributed by atoms with Gasteiger partial charge in [-0.05, 0) is 35.9 Å². The van der Waals surface area contributed by atoms with Crippen molar-refractivity contribution in [1.29, 1.82) is 0 Å². The normalized spacial score (nSPS) is 11.5. The maximum atomic E-state index is 12.6. The van der Waals surface area contributed by atoms with Crippen LogP contribution in [0.4, 0.5) is 5.69 Å². The molecule has 0 aliphatic rings. The fourth-order valence-electron chi connectivity index (χ4n) is 2.92. The van der Waals surface area contributed by atoms with Gasteiger partial charge in [-0.15, -0.1) is 11.3 Å². The highest BCUT2D eigenvalue weighted by Gasteiger charge is 2.18. The third kappa shape index (κ3) is 4.39. The standard InChI is InChI=1S/C22H17ClN2O3S2/c23-20-18-8-4-5-9-19(18)29-21(20)22(26)25-16-10-12-17(13-11-16)30(27,28)24-14-15-6-2-1-3-7-15/h1-13,24H,14H2,(H,25,26). The van der Waals surface area contributed by atoms with E-state index in [9.17, 15) is 13.2 Å². The van der Waals surface area contributed by atoms with Gasteiger partial charge in [0.15, 0.2) is 0 Å². The molecule has 0 saturated carbocycles. The molecule has 0 bridgehead atoms. The van der Waals surface area contributed by atoms with Gasteiger partial charge in [-0.2, -0.15) is 0 Å². The van der Waals surface area contributed by atoms with Crippen LogP contribution in [0.3, 0.4) is 0 Å². The molecule has 0 saturated heterocycles. The highest BCUT2D eigenvalue weighted by atomic mass is 35.5. The van der Waals surface area contributed by atoms with Gasteiger partial charge < -0.3 is 5.32 Å². The Bertz CT molecular complexity index is 1300. The Hall–Kier alpha value is -2.71. The van der Waals surface area contributed by atoms with Crippen LogP contribution >= 0.6 is 22.9 Å². The van der Waals surface area contributed by atoms with Crippen molar-refractivity contribution in [1.82, 2.24) is 4.72 Å². The summed E-state index contributed by atoms with van der Waals surface area (Å²) in [6.45, 7) is 0.200. The molecule has 4 rings (SSSR count). The molecule has 2 N–H and O–H groups in total. The minimum atomic E-state index is -3.66. The number of amides is 1. The number of rotatable bonds is 6. The van der Waals surface area contributed by atoms with E-state index in [1.807, 2.05) is 54.6 Å². The molecule has 0 aliphatic carbocycles. The minimum absolute atomic E-state index is 0.122. The smallest absolute Gasteiger partial charge is 0.267 e. The number of nitrogens with one attached hydrogen (secondary N) is 2. The monoisotopic (exact) mass is 456 g/mol. The van der Waals surface area contributed by atoms with Crippen LogP contribution < -0.4 is 10.0 Å². The Labute approximate surface area is 183 Å². The molecule has 0 unspecified atom stereocenters. The van der Waals surface area contributed by atoms with E-state index in [1.165, 1.54) is 23.5 Å². The lowest BCUT2D eigenvalue weighted by atomic mass is 10.2. The number of fused-ring (bicyclic) bond motifs is 1. The predicted octanol–water partition coefficient (Wildman–Crippen LogP) is 5.29. The number of sulfonamides is 1. The molecule has 0 fully saturated rings. The van der Waals surface area contributed by atoms with Gasteiger partial charge in [0.2, 0.25) is 10.0 Å². The van der Waals surface area contributed by atoms with Gasteiger partial charge in [-0.25, -0.2) is 13.1 Å². The van der Waals surface area contributed by atoms with E-state index in [1.54, 1.807) is 12.1 Å². The molecule has 0 radical (unpaired) electrons. The van der Waals surface area contributed by atoms with Crippen molar-refractivity contribution in [2.45, 2.75) is 11.4 Å². The predicted molar refractivity (Wildman–Crippen MR) is 122 cm³/mol. The molecule has 0 aliphatic heterocycles. The minimum Gasteiger partial charge on any atom is -0.321 e. The van der Waals surface area contributed by atoms with Crippen molar-refractivity contribution < 1.29 is 13.2 Å². The second kappa shape index (κ2) is 8.57. The first kappa shape index (κ1) is 20.6. The lowest BCUT2D eigenvalue weighted by Crippen LogP contribution is -2.23. The molecule has 3 aromatic carbocycles. The number of halogens is 1. The average Bonchev–Trinajstić information content (AvgIpc) is 3.10. The molecule has 8 heteroatoms. The summed E-state index contributed by atoms with van der Waals surface area (Å²) in [6, 6.07) is 22.8. The Kier molecular flexibility index (Phi) is 5.87. The SMILES string of the molecule is O=C(Nc1ccc(S(=O)(=O)NCc2ccccc2)cc1)c1sc2ccccc2c1Cl. The third-order valence-corrected chi connectivity index (χ3v) is 7.56. The van der Waals surface area contributed by atoms with E-state index in [2.05, 4.69) is 10.0 Å². The molecule has 5 nitrogen and oxygen atoms in total. The van der Waals surface area contributed by atoms with Gasteiger partial charge in [0, 0.05) is 22.3 Å². The van der Waals surface area contributed by atoms with Crippen molar-refractivity contribution in [2.24, 2.45) is 0 Å². The van der Waals surface area contributed by atoms with E-state index >= 15 is 0 Å². The van der Waals surface area contributed by atoms with E-state index in [4.69, 9.17) is 11.6 Å². The average molecular weight is 457 g/mol. The van der Waals surface area contributed by atoms with Crippen LogP contribution in [0.2, 0.25) is 5.02 Å². The van der Waals surface area contributed by atoms with Crippen molar-refractivity contribution in [3.63, 3.8) is 0 Å². The number of hydrogen-bond acceptors (Lipinski definition) is 4. The molecule has 1 amide bonds. The molecule has 0 spiro atoms. The molecule has 0 atom stereocenters. The Balaban J connectivity index is 1.46. The van der Waals surface area contributed by atoms with Crippen molar-refractivity contribution in [3.8, 4) is 0 Å². The van der Waals surface area contributed by atoms with Crippen LogP contribution in [-0.4, -0.2) is 14.3 Å². The van der Waals surface area contributed by atoms with Gasteiger partial charge in [0.05, 0.1) is 9.92 Å². The highest BCUT2D eigenvalue weighted by molar-refractivity contribution is 7.89. The zero-order chi connectivity index (χ0) is 21.1. The fourth-order valence-corrected chi connectivity index (χ4v) is 5.35. The Morgan fingerprint density at radius 2 is 1.57 bits per heavy atom. The van der Waals surface area contributed by atoms with E-state index in [0.717, 1.165) is 15.6 Å². The maximum Gasteiger partial charge on any atom is 0.267 e. The van der Waals surface area contributed by atoms with E-state index in [-0.39, 0.29) is 17.3 Å². The van der Waals surface area contributed by atoms with E-state index in [0.29, 0.717) is 15.6 Å². The summed E-state index contributed by atoms with van der Waals surface area (Å²) in [5.74, 6) is -0.334. The zero-order valence-electron chi connectivity index (χ0n) is 15.6. The number of hydrogen-bond donors (Lipinski definition) is 2. The summed E-state index contributed by atoms with van der Waals surface area (Å²) in [5, 5.41) is 4.02. The lowest BCUT2D eigenvalue weighted by Gasteiger charge is -2.08. The number of benzene rings is 3. The number of carbonyl (C=O) groups is 1. The molecular weight excluding hydrogens is 440 g/mol. The van der Waals surface area contributed by atoms with Gasteiger partial charge in [0.25, 0.3) is 5.91 Å². The quantitative estimate of drug-likeness (QED) is 0.414. The van der Waals surface area contributed by atoms with Gasteiger partial charge >= 0.3 is 0 Å². The number of carbonyl (C=O) groups excluding carboxylic acids is 1. The van der Waals surface area contributed by atoms with Gasteiger partial charge in [-0.1, -0.05) is 60.1 Å². The van der Waals surface area contributed by atoms with Crippen LogP contribution in [0.25, 0.3) is 10.1 Å². The maximum absolute atomic E-state index is 12.6. The van der Waals surface area contributed by atoms with Crippen LogP contribution in [0.15, 0.2) is 83.8 Å². The topological polar surface area (TPSA) is 75.3 Å². The first-order chi connectivity index (χ1) is 14.4. The fraction of sp³-hybridized carbons (Fsp3) is 0.0455. The van der Waals surface area contributed by atoms with E-state index < -0.39 is 10.0 Å². The van der Waals surface area contributed by atoms with Crippen LogP contribution in [0.5, 0.6) is 0 Å². The third-order valence-electron chi connectivity index (χ3n) is 4.47. The summed E-state index contributed by atoms with van der Waals surface area (Å²) in [4.78, 5) is 13.2. The summed E-state index contributed by atoms with van der Waals surface area (Å²) in [5.41, 5.74) is 1.35. The zero-order valence-corrected chi connectivity index (χ0v) is 18.0. The Morgan fingerprint density at radius 1 is 0.900 bits per heavy atom. The molecule has 4 aromatic rings. The summed E-state index contributed by atoms with van der Waals surface area (Å²) in [6.07, 6.45) is 0. The largest absolute Gasteiger partial charge is 0.321 e. The second-order valence-corrected chi connectivity index (χ2v) is 9.73. The van der Waals surface area contributed by atoms with Crippen molar-refractivity contribution >= 4 is 54.6 Å². The lowest BCUT2D eigenvalue weighted by molar-refractivity contribution is 0.103. The van der Waals surface area contributed by atoms with Crippen molar-refractivity contribution in [3.05, 3.63) is 94.3 Å². The summed E-state index contributed by atoms with van der Waals surface area (Å²) >= 11 is 7.66. The van der Waals surface area contributed by atoms with Crippen LogP contribution in [-0.2, 0) is 16.6 Å². The first-order valence-corrected chi connectivity index (χ1v) is 11.7. The summed E-state index contributed by atoms with van der Waals surface area (Å²) < 4.78 is 28.5. The van der Waals surface area contributed by atoms with Gasteiger partial charge in [-0.3, -0.25) is 4.79 Å². The van der Waals surface area contributed by atoms with Crippen LogP contribution in [0.1, 0.15) is 15.2 Å². The van der Waals surface area contributed by atoms with Crippen LogP contribution in [0, 0.1) is 0 Å². The number of anilines is 1. The number of thiophene rings is 1. The molecule has 1 aromatic heterocycles. The van der Waals surface area contributed by atoms with Gasteiger partial charge in [0.1, 0.15) is 4.88 Å². The molecule has 1 heterocycles. The summed E-state index contributed by atoms with van der Waals surface area (Å²) in [7, 11) is -3.66.